The van der Waals surface area contributed by atoms with Crippen LogP contribution in [0.4, 0.5) is 16.3 Å². The number of aromatic nitrogens is 2. The minimum absolute atomic E-state index is 0.270. The summed E-state index contributed by atoms with van der Waals surface area (Å²) in [5.74, 6) is 0.971. The Labute approximate surface area is 147 Å². The molecule has 2 heterocycles. The lowest BCUT2D eigenvalue weighted by Gasteiger charge is -2.33. The average Bonchev–Trinajstić information content (AvgIpc) is 3.05. The first-order chi connectivity index (χ1) is 12.1. The van der Waals surface area contributed by atoms with Crippen molar-refractivity contribution in [1.82, 2.24) is 15.1 Å². The van der Waals surface area contributed by atoms with Crippen LogP contribution in [-0.4, -0.2) is 40.6 Å². The quantitative estimate of drug-likeness (QED) is 0.775. The summed E-state index contributed by atoms with van der Waals surface area (Å²) in [5, 5.41) is 18.8. The molecule has 1 aromatic heterocycles. The van der Waals surface area contributed by atoms with E-state index in [4.69, 9.17) is 0 Å². The third kappa shape index (κ3) is 4.73. The molecule has 0 saturated carbocycles. The predicted molar refractivity (Wildman–Crippen MR) is 97.5 cm³/mol. The summed E-state index contributed by atoms with van der Waals surface area (Å²) in [5.41, 5.74) is 2.24. The van der Waals surface area contributed by atoms with Crippen LogP contribution < -0.4 is 15.5 Å². The maximum Gasteiger partial charge on any atom is 0.320 e. The van der Waals surface area contributed by atoms with E-state index in [1.807, 2.05) is 12.1 Å². The second kappa shape index (κ2) is 8.02. The van der Waals surface area contributed by atoms with Gasteiger partial charge in [-0.25, -0.2) is 4.79 Å². The predicted octanol–water partition coefficient (Wildman–Crippen LogP) is 1.95. The van der Waals surface area contributed by atoms with Gasteiger partial charge in [-0.2, -0.15) is 5.10 Å². The highest BCUT2D eigenvalue weighted by Crippen LogP contribution is 2.23. The molecule has 134 valence electrons. The van der Waals surface area contributed by atoms with Crippen LogP contribution in [0, 0.1) is 5.92 Å². The van der Waals surface area contributed by atoms with E-state index in [0.29, 0.717) is 24.9 Å². The SMILES string of the molecule is Cn1ccc(NC(=O)NCc2ccc(N3CCC(CO)CC3)cc2)n1. The second-order valence-electron chi connectivity index (χ2n) is 6.46. The van der Waals surface area contributed by atoms with Gasteiger partial charge < -0.3 is 15.3 Å². The molecular formula is C18H25N5O2. The van der Waals surface area contributed by atoms with Crippen molar-refractivity contribution in [2.45, 2.75) is 19.4 Å². The Morgan fingerprint density at radius 1 is 1.24 bits per heavy atom. The normalized spacial score (nSPS) is 15.2. The van der Waals surface area contributed by atoms with E-state index in [0.717, 1.165) is 31.5 Å². The Hall–Kier alpha value is -2.54. The first kappa shape index (κ1) is 17.3. The van der Waals surface area contributed by atoms with Gasteiger partial charge in [0, 0.05) is 51.2 Å². The summed E-state index contributed by atoms with van der Waals surface area (Å²) < 4.78 is 1.64. The van der Waals surface area contributed by atoms with E-state index in [1.54, 1.807) is 24.0 Å². The number of carbonyl (C=O) groups is 1. The molecule has 1 aliphatic heterocycles. The minimum Gasteiger partial charge on any atom is -0.396 e. The van der Waals surface area contributed by atoms with Gasteiger partial charge in [-0.1, -0.05) is 12.1 Å². The number of anilines is 2. The van der Waals surface area contributed by atoms with Crippen molar-refractivity contribution in [3.63, 3.8) is 0 Å². The van der Waals surface area contributed by atoms with E-state index in [-0.39, 0.29) is 6.03 Å². The molecule has 1 aliphatic rings. The average molecular weight is 343 g/mol. The first-order valence-corrected chi connectivity index (χ1v) is 8.63. The zero-order chi connectivity index (χ0) is 17.6. The van der Waals surface area contributed by atoms with Crippen LogP contribution >= 0.6 is 0 Å². The lowest BCUT2D eigenvalue weighted by molar-refractivity contribution is 0.203. The molecule has 0 spiro atoms. The number of nitrogens with zero attached hydrogens (tertiary/aromatic N) is 3. The Balaban J connectivity index is 1.47. The molecule has 0 bridgehead atoms. The number of aryl methyl sites for hydroxylation is 1. The van der Waals surface area contributed by atoms with Crippen LogP contribution in [0.2, 0.25) is 0 Å². The number of aliphatic hydroxyl groups excluding tert-OH is 1. The van der Waals surface area contributed by atoms with Gasteiger partial charge in [0.1, 0.15) is 0 Å². The topological polar surface area (TPSA) is 82.4 Å². The second-order valence-corrected chi connectivity index (χ2v) is 6.46. The van der Waals surface area contributed by atoms with Crippen LogP contribution in [0.1, 0.15) is 18.4 Å². The Kier molecular flexibility index (Phi) is 5.55. The minimum atomic E-state index is -0.270. The fourth-order valence-electron chi connectivity index (χ4n) is 3.02. The number of nitrogens with one attached hydrogen (secondary N) is 2. The molecule has 1 fully saturated rings. The highest BCUT2D eigenvalue weighted by Gasteiger charge is 2.18. The van der Waals surface area contributed by atoms with E-state index < -0.39 is 0 Å². The van der Waals surface area contributed by atoms with Gasteiger partial charge in [0.25, 0.3) is 0 Å². The third-order valence-corrected chi connectivity index (χ3v) is 4.58. The van der Waals surface area contributed by atoms with E-state index in [2.05, 4.69) is 32.8 Å². The maximum atomic E-state index is 11.9. The molecule has 3 rings (SSSR count). The molecule has 25 heavy (non-hydrogen) atoms. The van der Waals surface area contributed by atoms with Gasteiger partial charge in [0.05, 0.1) is 0 Å². The standard InChI is InChI=1S/C18H25N5O2/c1-22-9-8-17(21-22)20-18(25)19-12-14-2-4-16(5-3-14)23-10-6-15(13-24)7-11-23/h2-5,8-9,15,24H,6-7,10-13H2,1H3,(H2,19,20,21,25). The number of benzene rings is 1. The summed E-state index contributed by atoms with van der Waals surface area (Å²) in [6, 6.07) is 9.73. The van der Waals surface area contributed by atoms with Gasteiger partial charge in [0.15, 0.2) is 5.82 Å². The van der Waals surface area contributed by atoms with Crippen LogP contribution in [0.15, 0.2) is 36.5 Å². The fraction of sp³-hybridized carbons (Fsp3) is 0.444. The number of amides is 2. The number of piperidine rings is 1. The van der Waals surface area contributed by atoms with E-state index >= 15 is 0 Å². The van der Waals surface area contributed by atoms with Crippen LogP contribution in [0.3, 0.4) is 0 Å². The molecule has 3 N–H and O–H groups in total. The molecule has 2 amide bonds. The Bertz CT molecular complexity index is 690. The van der Waals surface area contributed by atoms with Crippen molar-refractivity contribution in [3.05, 3.63) is 42.1 Å². The number of hydrogen-bond acceptors (Lipinski definition) is 4. The van der Waals surface area contributed by atoms with Gasteiger partial charge >= 0.3 is 6.03 Å². The molecule has 0 radical (unpaired) electrons. The molecule has 0 unspecified atom stereocenters. The van der Waals surface area contributed by atoms with Gasteiger partial charge in [-0.15, -0.1) is 0 Å². The highest BCUT2D eigenvalue weighted by molar-refractivity contribution is 5.88. The highest BCUT2D eigenvalue weighted by atomic mass is 16.3. The summed E-state index contributed by atoms with van der Waals surface area (Å²) in [4.78, 5) is 14.2. The number of urea groups is 1. The van der Waals surface area contributed by atoms with E-state index in [9.17, 15) is 9.90 Å². The molecule has 2 aromatic rings. The lowest BCUT2D eigenvalue weighted by Crippen LogP contribution is -2.34. The Morgan fingerprint density at radius 2 is 1.96 bits per heavy atom. The number of aliphatic hydroxyl groups is 1. The molecule has 7 nitrogen and oxygen atoms in total. The van der Waals surface area contributed by atoms with Crippen LogP contribution in [0.5, 0.6) is 0 Å². The van der Waals surface area contributed by atoms with Crippen molar-refractivity contribution in [2.75, 3.05) is 29.9 Å². The largest absolute Gasteiger partial charge is 0.396 e. The summed E-state index contributed by atoms with van der Waals surface area (Å²) in [6.07, 6.45) is 3.85. The van der Waals surface area contributed by atoms with Gasteiger partial charge in [-0.3, -0.25) is 10.00 Å². The summed E-state index contributed by atoms with van der Waals surface area (Å²) in [6.45, 7) is 2.72. The van der Waals surface area contributed by atoms with Gasteiger partial charge in [-0.05, 0) is 36.5 Å². The fourth-order valence-corrected chi connectivity index (χ4v) is 3.02. The van der Waals surface area contributed by atoms with E-state index in [1.165, 1.54) is 5.69 Å². The number of carbonyl (C=O) groups excluding carboxylic acids is 1. The van der Waals surface area contributed by atoms with Gasteiger partial charge in [0.2, 0.25) is 0 Å². The molecule has 0 aliphatic carbocycles. The zero-order valence-electron chi connectivity index (χ0n) is 14.5. The summed E-state index contributed by atoms with van der Waals surface area (Å²) >= 11 is 0. The van der Waals surface area contributed by atoms with Crippen molar-refractivity contribution < 1.29 is 9.90 Å². The van der Waals surface area contributed by atoms with Crippen molar-refractivity contribution in [1.29, 1.82) is 0 Å². The molecule has 1 saturated heterocycles. The monoisotopic (exact) mass is 343 g/mol. The lowest BCUT2D eigenvalue weighted by atomic mass is 9.97. The maximum absolute atomic E-state index is 11.9. The van der Waals surface area contributed by atoms with Crippen LogP contribution in [-0.2, 0) is 13.6 Å². The zero-order valence-corrected chi connectivity index (χ0v) is 14.5. The molecule has 7 heteroatoms. The molecule has 1 aromatic carbocycles. The molecular weight excluding hydrogens is 318 g/mol. The van der Waals surface area contributed by atoms with Crippen molar-refractivity contribution >= 4 is 17.5 Å². The first-order valence-electron chi connectivity index (χ1n) is 8.63. The van der Waals surface area contributed by atoms with Crippen LogP contribution in [0.25, 0.3) is 0 Å². The Morgan fingerprint density at radius 3 is 2.56 bits per heavy atom. The summed E-state index contributed by atoms with van der Waals surface area (Å²) in [7, 11) is 1.80. The van der Waals surface area contributed by atoms with Crippen molar-refractivity contribution in [3.8, 4) is 0 Å². The third-order valence-electron chi connectivity index (χ3n) is 4.58. The van der Waals surface area contributed by atoms with Crippen molar-refractivity contribution in [2.24, 2.45) is 13.0 Å². The number of rotatable bonds is 5. The smallest absolute Gasteiger partial charge is 0.320 e. The molecule has 0 atom stereocenters. The number of hydrogen-bond donors (Lipinski definition) is 3.